The third-order valence-electron chi connectivity index (χ3n) is 3.41. The van der Waals surface area contributed by atoms with Gasteiger partial charge in [0.1, 0.15) is 0 Å². The van der Waals surface area contributed by atoms with Crippen LogP contribution in [0.15, 0.2) is 12.3 Å². The molecule has 1 aromatic rings. The van der Waals surface area contributed by atoms with E-state index in [0.717, 1.165) is 18.2 Å². The fraction of sp³-hybridized carbons (Fsp3) is 0.615. The fourth-order valence-corrected chi connectivity index (χ4v) is 2.65. The average Bonchev–Trinajstić information content (AvgIpc) is 2.30. The van der Waals surface area contributed by atoms with Crippen LogP contribution in [0.3, 0.4) is 0 Å². The van der Waals surface area contributed by atoms with E-state index >= 15 is 0 Å². The molecule has 1 aliphatic carbocycles. The van der Waals surface area contributed by atoms with E-state index in [0.29, 0.717) is 5.15 Å². The van der Waals surface area contributed by atoms with Gasteiger partial charge in [0.05, 0.1) is 5.69 Å². The Labute approximate surface area is 102 Å². The van der Waals surface area contributed by atoms with Crippen molar-refractivity contribution in [2.24, 2.45) is 5.92 Å². The number of nitrogens with zero attached hydrogens (tertiary/aromatic N) is 1. The summed E-state index contributed by atoms with van der Waals surface area (Å²) in [7, 11) is 0. The largest absolute Gasteiger partial charge is 0.382 e. The molecule has 0 spiro atoms. The highest BCUT2D eigenvalue weighted by molar-refractivity contribution is 6.32. The SMILES string of the molecule is Cc1ccnc(Cl)c1NCC1CCCCC1. The quantitative estimate of drug-likeness (QED) is 0.805. The first-order valence-electron chi connectivity index (χ1n) is 6.12. The number of halogens is 1. The molecule has 0 aromatic carbocycles. The van der Waals surface area contributed by atoms with Crippen LogP contribution in [0, 0.1) is 12.8 Å². The first-order chi connectivity index (χ1) is 7.77. The van der Waals surface area contributed by atoms with E-state index in [1.54, 1.807) is 6.20 Å². The lowest BCUT2D eigenvalue weighted by Crippen LogP contribution is -2.17. The second kappa shape index (κ2) is 5.53. The van der Waals surface area contributed by atoms with Gasteiger partial charge in [-0.1, -0.05) is 30.9 Å². The summed E-state index contributed by atoms with van der Waals surface area (Å²) >= 11 is 6.07. The Bertz CT molecular complexity index is 326. The van der Waals surface area contributed by atoms with Crippen LogP contribution in [-0.2, 0) is 0 Å². The lowest BCUT2D eigenvalue weighted by atomic mass is 9.89. The van der Waals surface area contributed by atoms with Crippen LogP contribution in [-0.4, -0.2) is 11.5 Å². The van der Waals surface area contributed by atoms with Crippen LogP contribution in [0.25, 0.3) is 0 Å². The zero-order valence-electron chi connectivity index (χ0n) is 9.80. The van der Waals surface area contributed by atoms with Gasteiger partial charge in [-0.25, -0.2) is 4.98 Å². The van der Waals surface area contributed by atoms with Crippen molar-refractivity contribution in [2.45, 2.75) is 39.0 Å². The van der Waals surface area contributed by atoms with Crippen LogP contribution in [0.1, 0.15) is 37.7 Å². The van der Waals surface area contributed by atoms with Gasteiger partial charge < -0.3 is 5.32 Å². The Balaban J connectivity index is 1.93. The summed E-state index contributed by atoms with van der Waals surface area (Å²) in [6.45, 7) is 3.10. The monoisotopic (exact) mass is 238 g/mol. The van der Waals surface area contributed by atoms with E-state index in [1.165, 1.54) is 37.7 Å². The highest BCUT2D eigenvalue weighted by Gasteiger charge is 2.14. The zero-order valence-corrected chi connectivity index (χ0v) is 10.6. The van der Waals surface area contributed by atoms with Crippen molar-refractivity contribution in [3.8, 4) is 0 Å². The molecule has 0 saturated heterocycles. The Hall–Kier alpha value is -0.760. The van der Waals surface area contributed by atoms with Crippen molar-refractivity contribution < 1.29 is 0 Å². The maximum absolute atomic E-state index is 6.07. The summed E-state index contributed by atoms with van der Waals surface area (Å²) in [4.78, 5) is 4.11. The third-order valence-corrected chi connectivity index (χ3v) is 3.69. The highest BCUT2D eigenvalue weighted by Crippen LogP contribution is 2.27. The van der Waals surface area contributed by atoms with Crippen LogP contribution >= 0.6 is 11.6 Å². The van der Waals surface area contributed by atoms with Crippen molar-refractivity contribution in [3.63, 3.8) is 0 Å². The molecule has 3 heteroatoms. The normalized spacial score (nSPS) is 17.4. The Kier molecular flexibility index (Phi) is 4.05. The second-order valence-electron chi connectivity index (χ2n) is 4.68. The molecule has 1 saturated carbocycles. The maximum atomic E-state index is 6.07. The molecule has 2 nitrogen and oxygen atoms in total. The van der Waals surface area contributed by atoms with E-state index in [-0.39, 0.29) is 0 Å². The Morgan fingerprint density at radius 1 is 1.38 bits per heavy atom. The Morgan fingerprint density at radius 3 is 2.81 bits per heavy atom. The van der Waals surface area contributed by atoms with Crippen LogP contribution in [0.4, 0.5) is 5.69 Å². The predicted octanol–water partition coefficient (Wildman–Crippen LogP) is 4.04. The summed E-state index contributed by atoms with van der Waals surface area (Å²) < 4.78 is 0. The number of nitrogens with one attached hydrogen (secondary N) is 1. The first kappa shape index (κ1) is 11.7. The molecule has 88 valence electrons. The molecule has 1 aromatic heterocycles. The predicted molar refractivity (Wildman–Crippen MR) is 69.0 cm³/mol. The molecule has 0 unspecified atom stereocenters. The van der Waals surface area contributed by atoms with Gasteiger partial charge in [-0.05, 0) is 37.3 Å². The Morgan fingerprint density at radius 2 is 2.12 bits per heavy atom. The minimum atomic E-state index is 0.593. The van der Waals surface area contributed by atoms with Crippen molar-refractivity contribution in [3.05, 3.63) is 23.0 Å². The van der Waals surface area contributed by atoms with Gasteiger partial charge in [0.2, 0.25) is 0 Å². The summed E-state index contributed by atoms with van der Waals surface area (Å²) in [5, 5.41) is 4.05. The molecular weight excluding hydrogens is 220 g/mol. The zero-order chi connectivity index (χ0) is 11.4. The van der Waals surface area contributed by atoms with Gasteiger partial charge in [-0.2, -0.15) is 0 Å². The lowest BCUT2D eigenvalue weighted by molar-refractivity contribution is 0.373. The van der Waals surface area contributed by atoms with E-state index in [1.807, 2.05) is 6.07 Å². The van der Waals surface area contributed by atoms with E-state index in [9.17, 15) is 0 Å². The number of aryl methyl sites for hydroxylation is 1. The van der Waals surface area contributed by atoms with Gasteiger partial charge >= 0.3 is 0 Å². The van der Waals surface area contributed by atoms with Gasteiger partial charge in [0.15, 0.2) is 5.15 Å². The topological polar surface area (TPSA) is 24.9 Å². The number of hydrogen-bond donors (Lipinski definition) is 1. The summed E-state index contributed by atoms with van der Waals surface area (Å²) in [5.41, 5.74) is 2.19. The molecule has 0 atom stereocenters. The standard InChI is InChI=1S/C13H19ClN2/c1-10-7-8-15-13(14)12(10)16-9-11-5-3-2-4-6-11/h7-8,11,16H,2-6,9H2,1H3. The summed E-state index contributed by atoms with van der Waals surface area (Å²) in [6.07, 6.45) is 8.62. The van der Waals surface area contributed by atoms with Gasteiger partial charge in [0, 0.05) is 12.7 Å². The van der Waals surface area contributed by atoms with Gasteiger partial charge in [0.25, 0.3) is 0 Å². The van der Waals surface area contributed by atoms with E-state index < -0.39 is 0 Å². The summed E-state index contributed by atoms with van der Waals surface area (Å²) in [6, 6.07) is 2.00. The third kappa shape index (κ3) is 2.88. The molecule has 0 radical (unpaired) electrons. The van der Waals surface area contributed by atoms with Crippen molar-refractivity contribution in [2.75, 3.05) is 11.9 Å². The molecule has 1 fully saturated rings. The highest BCUT2D eigenvalue weighted by atomic mass is 35.5. The molecule has 1 N–H and O–H groups in total. The lowest BCUT2D eigenvalue weighted by Gasteiger charge is -2.22. The molecule has 1 heterocycles. The number of anilines is 1. The maximum Gasteiger partial charge on any atom is 0.152 e. The van der Waals surface area contributed by atoms with Crippen LogP contribution in [0.2, 0.25) is 5.15 Å². The number of pyridine rings is 1. The minimum Gasteiger partial charge on any atom is -0.382 e. The molecule has 1 aliphatic rings. The van der Waals surface area contributed by atoms with Gasteiger partial charge in [-0.15, -0.1) is 0 Å². The van der Waals surface area contributed by atoms with Crippen molar-refractivity contribution in [1.82, 2.24) is 4.98 Å². The summed E-state index contributed by atoms with van der Waals surface area (Å²) in [5.74, 6) is 0.810. The molecule has 0 aliphatic heterocycles. The van der Waals surface area contributed by atoms with Crippen molar-refractivity contribution in [1.29, 1.82) is 0 Å². The van der Waals surface area contributed by atoms with Gasteiger partial charge in [-0.3, -0.25) is 0 Å². The number of hydrogen-bond acceptors (Lipinski definition) is 2. The van der Waals surface area contributed by atoms with E-state index in [2.05, 4.69) is 17.2 Å². The first-order valence-corrected chi connectivity index (χ1v) is 6.50. The molecule has 2 rings (SSSR count). The number of rotatable bonds is 3. The van der Waals surface area contributed by atoms with E-state index in [4.69, 9.17) is 11.6 Å². The molecular formula is C13H19ClN2. The second-order valence-corrected chi connectivity index (χ2v) is 5.04. The number of aromatic nitrogens is 1. The fourth-order valence-electron chi connectivity index (χ4n) is 2.38. The average molecular weight is 239 g/mol. The molecule has 16 heavy (non-hydrogen) atoms. The molecule has 0 amide bonds. The smallest absolute Gasteiger partial charge is 0.152 e. The minimum absolute atomic E-state index is 0.593. The van der Waals surface area contributed by atoms with Crippen molar-refractivity contribution >= 4 is 17.3 Å². The van der Waals surface area contributed by atoms with Crippen LogP contribution < -0.4 is 5.32 Å². The van der Waals surface area contributed by atoms with Crippen LogP contribution in [0.5, 0.6) is 0 Å². The molecule has 0 bridgehead atoms.